The second-order valence-corrected chi connectivity index (χ2v) is 6.18. The van der Waals surface area contributed by atoms with E-state index in [1.807, 2.05) is 11.0 Å². The summed E-state index contributed by atoms with van der Waals surface area (Å²) in [5, 5.41) is 14.5. The molecule has 1 fully saturated rings. The van der Waals surface area contributed by atoms with Crippen molar-refractivity contribution in [3.8, 4) is 0 Å². The molecule has 1 aliphatic carbocycles. The van der Waals surface area contributed by atoms with Gasteiger partial charge in [-0.25, -0.2) is 9.67 Å². The molecule has 0 radical (unpaired) electrons. The van der Waals surface area contributed by atoms with E-state index in [0.717, 1.165) is 25.1 Å². The zero-order chi connectivity index (χ0) is 13.3. The van der Waals surface area contributed by atoms with E-state index in [0.29, 0.717) is 23.8 Å². The molecule has 0 aromatic carbocycles. The Morgan fingerprint density at radius 2 is 2.00 bits per heavy atom. The fourth-order valence-corrected chi connectivity index (χ4v) is 2.94. The van der Waals surface area contributed by atoms with Gasteiger partial charge in [-0.15, -0.1) is 0 Å². The van der Waals surface area contributed by atoms with E-state index in [9.17, 15) is 5.11 Å². The summed E-state index contributed by atoms with van der Waals surface area (Å²) in [6, 6.07) is 0.300. The molecule has 1 saturated carbocycles. The molecule has 0 amide bonds. The zero-order valence-electron chi connectivity index (χ0n) is 11.9. The lowest BCUT2D eigenvalue weighted by atomic mass is 9.77. The predicted molar refractivity (Wildman–Crippen MR) is 71.3 cm³/mol. The van der Waals surface area contributed by atoms with E-state index in [-0.39, 0.29) is 6.10 Å². The molecule has 1 heterocycles. The highest BCUT2D eigenvalue weighted by atomic mass is 16.3. The molecule has 1 aromatic heterocycles. The van der Waals surface area contributed by atoms with Crippen LogP contribution in [0.15, 0.2) is 6.33 Å². The number of aromatic nitrogens is 3. The second-order valence-electron chi connectivity index (χ2n) is 6.18. The molecule has 102 valence electrons. The highest BCUT2D eigenvalue weighted by Gasteiger charge is 2.33. The van der Waals surface area contributed by atoms with Crippen LogP contribution in [0.25, 0.3) is 0 Å². The maximum Gasteiger partial charge on any atom is 0.153 e. The maximum absolute atomic E-state index is 9.89. The summed E-state index contributed by atoms with van der Waals surface area (Å²) in [5.41, 5.74) is 0. The smallest absolute Gasteiger partial charge is 0.153 e. The Kier molecular flexibility index (Phi) is 4.05. The molecule has 0 saturated heterocycles. The van der Waals surface area contributed by atoms with Gasteiger partial charge in [0.25, 0.3) is 0 Å². The summed E-state index contributed by atoms with van der Waals surface area (Å²) < 4.78 is 1.99. The first-order chi connectivity index (χ1) is 8.49. The molecule has 1 aliphatic rings. The van der Waals surface area contributed by atoms with Crippen molar-refractivity contribution in [2.45, 2.75) is 65.0 Å². The number of aliphatic hydroxyl groups excluding tert-OH is 1. The molecule has 3 atom stereocenters. The van der Waals surface area contributed by atoms with Gasteiger partial charge >= 0.3 is 0 Å². The number of aliphatic hydroxyl groups is 1. The molecule has 3 unspecified atom stereocenters. The van der Waals surface area contributed by atoms with E-state index >= 15 is 0 Å². The normalized spacial score (nSPS) is 29.2. The Labute approximate surface area is 109 Å². The van der Waals surface area contributed by atoms with Crippen molar-refractivity contribution in [2.75, 3.05) is 0 Å². The van der Waals surface area contributed by atoms with Crippen LogP contribution < -0.4 is 0 Å². The van der Waals surface area contributed by atoms with E-state index in [1.54, 1.807) is 0 Å². The van der Waals surface area contributed by atoms with Crippen molar-refractivity contribution in [3.05, 3.63) is 12.2 Å². The van der Waals surface area contributed by atoms with Gasteiger partial charge in [-0.3, -0.25) is 0 Å². The van der Waals surface area contributed by atoms with E-state index in [1.165, 1.54) is 0 Å². The Hall–Kier alpha value is -0.900. The third kappa shape index (κ3) is 2.74. The Morgan fingerprint density at radius 1 is 1.28 bits per heavy atom. The van der Waals surface area contributed by atoms with Crippen molar-refractivity contribution in [3.63, 3.8) is 0 Å². The number of hydrogen-bond donors (Lipinski definition) is 1. The lowest BCUT2D eigenvalue weighted by Crippen LogP contribution is -2.33. The first-order valence-corrected chi connectivity index (χ1v) is 7.08. The van der Waals surface area contributed by atoms with E-state index in [2.05, 4.69) is 37.8 Å². The fraction of sp³-hybridized carbons (Fsp3) is 0.857. The molecule has 0 aliphatic heterocycles. The third-order valence-corrected chi connectivity index (χ3v) is 4.08. The highest BCUT2D eigenvalue weighted by molar-refractivity contribution is 4.92. The van der Waals surface area contributed by atoms with Gasteiger partial charge < -0.3 is 5.11 Å². The van der Waals surface area contributed by atoms with E-state index < -0.39 is 0 Å². The minimum atomic E-state index is -0.184. The molecule has 0 spiro atoms. The van der Waals surface area contributed by atoms with Crippen LogP contribution in [0.3, 0.4) is 0 Å². The molecule has 4 nitrogen and oxygen atoms in total. The van der Waals surface area contributed by atoms with Crippen LogP contribution >= 0.6 is 0 Å². The van der Waals surface area contributed by atoms with Crippen molar-refractivity contribution >= 4 is 0 Å². The van der Waals surface area contributed by atoms with Crippen LogP contribution in [-0.4, -0.2) is 26.0 Å². The Morgan fingerprint density at radius 3 is 2.56 bits per heavy atom. The van der Waals surface area contributed by atoms with E-state index in [4.69, 9.17) is 0 Å². The first kappa shape index (κ1) is 13.5. The van der Waals surface area contributed by atoms with Gasteiger partial charge in [-0.05, 0) is 31.1 Å². The molecule has 2 rings (SSSR count). The maximum atomic E-state index is 9.89. The van der Waals surface area contributed by atoms with Crippen molar-refractivity contribution in [1.29, 1.82) is 0 Å². The molecular weight excluding hydrogens is 226 g/mol. The number of hydrogen-bond acceptors (Lipinski definition) is 3. The Bertz CT molecular complexity index is 386. The molecule has 18 heavy (non-hydrogen) atoms. The van der Waals surface area contributed by atoms with Gasteiger partial charge in [0.1, 0.15) is 6.33 Å². The average molecular weight is 251 g/mol. The summed E-state index contributed by atoms with van der Waals surface area (Å²) >= 11 is 0. The quantitative estimate of drug-likeness (QED) is 0.898. The summed E-state index contributed by atoms with van der Waals surface area (Å²) in [7, 11) is 0. The van der Waals surface area contributed by atoms with Crippen LogP contribution in [0.1, 0.15) is 64.7 Å². The fourth-order valence-electron chi connectivity index (χ4n) is 2.94. The minimum absolute atomic E-state index is 0.184. The molecule has 0 bridgehead atoms. The second kappa shape index (κ2) is 5.39. The monoisotopic (exact) mass is 251 g/mol. The van der Waals surface area contributed by atoms with Gasteiger partial charge in [0.05, 0.1) is 12.1 Å². The predicted octanol–water partition coefficient (Wildman–Crippen LogP) is 2.76. The lowest BCUT2D eigenvalue weighted by molar-refractivity contribution is 0.0519. The van der Waals surface area contributed by atoms with Crippen LogP contribution in [0.2, 0.25) is 0 Å². The lowest BCUT2D eigenvalue weighted by Gasteiger charge is -2.36. The summed E-state index contributed by atoms with van der Waals surface area (Å²) in [6.45, 7) is 8.73. The molecule has 4 heteroatoms. The van der Waals surface area contributed by atoms with Crippen LogP contribution in [0.5, 0.6) is 0 Å². The minimum Gasteiger partial charge on any atom is -0.393 e. The van der Waals surface area contributed by atoms with Crippen LogP contribution in [-0.2, 0) is 0 Å². The Balaban J connectivity index is 2.20. The average Bonchev–Trinajstić information content (AvgIpc) is 2.77. The van der Waals surface area contributed by atoms with Gasteiger partial charge in [0, 0.05) is 5.92 Å². The van der Waals surface area contributed by atoms with Crippen molar-refractivity contribution in [2.24, 2.45) is 11.8 Å². The highest BCUT2D eigenvalue weighted by Crippen LogP contribution is 2.38. The zero-order valence-corrected chi connectivity index (χ0v) is 11.9. The SMILES string of the molecule is CC(C)c1ncn(C2CC(O)CCC2C(C)C)n1. The summed E-state index contributed by atoms with van der Waals surface area (Å²) in [4.78, 5) is 4.38. The largest absolute Gasteiger partial charge is 0.393 e. The summed E-state index contributed by atoms with van der Waals surface area (Å²) in [6.07, 6.45) is 4.47. The molecular formula is C14H25N3O. The first-order valence-electron chi connectivity index (χ1n) is 7.08. The summed E-state index contributed by atoms with van der Waals surface area (Å²) in [5.74, 6) is 2.47. The molecule has 1 aromatic rings. The van der Waals surface area contributed by atoms with Gasteiger partial charge in [-0.2, -0.15) is 5.10 Å². The third-order valence-electron chi connectivity index (χ3n) is 4.08. The van der Waals surface area contributed by atoms with Gasteiger partial charge in [-0.1, -0.05) is 27.7 Å². The van der Waals surface area contributed by atoms with Gasteiger partial charge in [0.2, 0.25) is 0 Å². The topological polar surface area (TPSA) is 50.9 Å². The number of rotatable bonds is 3. The van der Waals surface area contributed by atoms with Gasteiger partial charge in [0.15, 0.2) is 5.82 Å². The number of nitrogens with zero attached hydrogens (tertiary/aromatic N) is 3. The molecule has 1 N–H and O–H groups in total. The van der Waals surface area contributed by atoms with Crippen molar-refractivity contribution in [1.82, 2.24) is 14.8 Å². The van der Waals surface area contributed by atoms with Crippen LogP contribution in [0, 0.1) is 11.8 Å². The van der Waals surface area contributed by atoms with Crippen molar-refractivity contribution < 1.29 is 5.11 Å². The van der Waals surface area contributed by atoms with Crippen LogP contribution in [0.4, 0.5) is 0 Å². The standard InChI is InChI=1S/C14H25N3O/c1-9(2)12-6-5-11(18)7-13(12)17-8-15-14(16-17)10(3)4/h8-13,18H,5-7H2,1-4H3.